The number of thiazole rings is 1. The number of nitrogens with zero attached hydrogens (tertiary/aromatic N) is 3. The molecule has 5 rings (SSSR count). The number of para-hydroxylation sites is 1. The van der Waals surface area contributed by atoms with Crippen molar-refractivity contribution in [2.24, 2.45) is 5.92 Å². The molecule has 2 heterocycles. The Bertz CT molecular complexity index is 1300. The van der Waals surface area contributed by atoms with Crippen molar-refractivity contribution in [2.45, 2.75) is 44.6 Å². The minimum Gasteiger partial charge on any atom is -0.388 e. The molecule has 10 heteroatoms. The summed E-state index contributed by atoms with van der Waals surface area (Å²) in [5.74, 6) is -0.791. The lowest BCUT2D eigenvalue weighted by atomic mass is 10.0. The standard InChI is InChI=1S/C25H25F2N5O2S/c1-14-19(23-30-17-9-5-6-10-18(17)35-23)22(32-25(34)12-11-16(20(25)33)21(26)27)31-24(29-14)28-13-15-7-3-2-4-8-15/h2-10,16,20-21,33-34H,11-13H2,1H3,(H2,28,29,31,32)/t16-,20+,25-/m0/s1. The number of hydrogen-bond donors (Lipinski definition) is 4. The molecule has 0 aliphatic heterocycles. The van der Waals surface area contributed by atoms with Crippen LogP contribution in [0, 0.1) is 12.8 Å². The highest BCUT2D eigenvalue weighted by Gasteiger charge is 2.50. The molecule has 1 aliphatic rings. The number of hydrogen-bond acceptors (Lipinski definition) is 8. The van der Waals surface area contributed by atoms with Gasteiger partial charge in [0.25, 0.3) is 0 Å². The van der Waals surface area contributed by atoms with Gasteiger partial charge in [0.15, 0.2) is 5.72 Å². The molecule has 0 amide bonds. The number of anilines is 2. The van der Waals surface area contributed by atoms with E-state index in [1.54, 1.807) is 6.92 Å². The summed E-state index contributed by atoms with van der Waals surface area (Å²) in [6, 6.07) is 17.4. The number of benzene rings is 2. The number of halogens is 2. The molecule has 4 N–H and O–H groups in total. The highest BCUT2D eigenvalue weighted by molar-refractivity contribution is 7.21. The summed E-state index contributed by atoms with van der Waals surface area (Å²) in [4.78, 5) is 13.9. The van der Waals surface area contributed by atoms with Gasteiger partial charge < -0.3 is 20.8 Å². The molecular formula is C25H25F2N5O2S. The van der Waals surface area contributed by atoms with Crippen LogP contribution >= 0.6 is 11.3 Å². The van der Waals surface area contributed by atoms with Crippen molar-refractivity contribution in [3.63, 3.8) is 0 Å². The molecule has 7 nitrogen and oxygen atoms in total. The van der Waals surface area contributed by atoms with E-state index < -0.39 is 24.2 Å². The summed E-state index contributed by atoms with van der Waals surface area (Å²) >= 11 is 1.44. The van der Waals surface area contributed by atoms with Crippen LogP contribution in [0.15, 0.2) is 54.6 Å². The molecule has 1 fully saturated rings. The third-order valence-electron chi connectivity index (χ3n) is 6.30. The summed E-state index contributed by atoms with van der Waals surface area (Å²) in [6.07, 6.45) is -4.44. The van der Waals surface area contributed by atoms with Crippen molar-refractivity contribution in [3.8, 4) is 10.6 Å². The largest absolute Gasteiger partial charge is 0.388 e. The van der Waals surface area contributed by atoms with Crippen molar-refractivity contribution in [2.75, 3.05) is 10.6 Å². The van der Waals surface area contributed by atoms with Crippen LogP contribution in [-0.2, 0) is 6.54 Å². The van der Waals surface area contributed by atoms with Crippen LogP contribution in [0.2, 0.25) is 0 Å². The van der Waals surface area contributed by atoms with Crippen LogP contribution in [0.1, 0.15) is 24.1 Å². The minimum absolute atomic E-state index is 0.0119. The minimum atomic E-state index is -2.74. The normalized spacial score (nSPS) is 22.1. The van der Waals surface area contributed by atoms with Gasteiger partial charge in [-0.1, -0.05) is 42.5 Å². The first-order valence-electron chi connectivity index (χ1n) is 11.3. The molecule has 0 saturated heterocycles. The molecule has 1 saturated carbocycles. The van der Waals surface area contributed by atoms with Gasteiger partial charge >= 0.3 is 0 Å². The van der Waals surface area contributed by atoms with E-state index in [4.69, 9.17) is 4.98 Å². The lowest BCUT2D eigenvalue weighted by Gasteiger charge is -2.31. The Morgan fingerprint density at radius 2 is 1.83 bits per heavy atom. The SMILES string of the molecule is Cc1nc(NCc2ccccc2)nc(N[C@]2(O)CC[C@H](C(F)F)[C@H]2O)c1-c1nc2ccccc2s1. The fourth-order valence-corrected chi connectivity index (χ4v) is 5.47. The molecule has 4 aromatic rings. The Morgan fingerprint density at radius 3 is 2.54 bits per heavy atom. The maximum absolute atomic E-state index is 13.4. The van der Waals surface area contributed by atoms with Crippen LogP contribution in [0.25, 0.3) is 20.8 Å². The zero-order valence-electron chi connectivity index (χ0n) is 18.9. The Kier molecular flexibility index (Phi) is 6.35. The number of rotatable bonds is 7. The van der Waals surface area contributed by atoms with Gasteiger partial charge in [0.05, 0.1) is 27.4 Å². The van der Waals surface area contributed by atoms with Crippen LogP contribution < -0.4 is 10.6 Å². The van der Waals surface area contributed by atoms with Gasteiger partial charge in [-0.05, 0) is 37.5 Å². The third kappa shape index (κ3) is 4.69. The van der Waals surface area contributed by atoms with E-state index >= 15 is 0 Å². The second-order valence-electron chi connectivity index (χ2n) is 8.71. The van der Waals surface area contributed by atoms with Gasteiger partial charge in [-0.2, -0.15) is 4.98 Å². The van der Waals surface area contributed by atoms with E-state index in [1.807, 2.05) is 54.6 Å². The monoisotopic (exact) mass is 497 g/mol. The fourth-order valence-electron chi connectivity index (χ4n) is 4.41. The molecule has 1 aliphatic carbocycles. The Labute approximate surface area is 204 Å². The summed E-state index contributed by atoms with van der Waals surface area (Å²) in [7, 11) is 0. The summed E-state index contributed by atoms with van der Waals surface area (Å²) in [5, 5.41) is 28.4. The Morgan fingerprint density at radius 1 is 1.09 bits per heavy atom. The average Bonchev–Trinajstić information content (AvgIpc) is 3.39. The molecule has 3 atom stereocenters. The van der Waals surface area contributed by atoms with E-state index in [0.29, 0.717) is 28.8 Å². The highest BCUT2D eigenvalue weighted by atomic mass is 32.1. The molecule has 2 aromatic carbocycles. The lowest BCUT2D eigenvalue weighted by molar-refractivity contribution is -0.0763. The van der Waals surface area contributed by atoms with Crippen LogP contribution in [0.5, 0.6) is 0 Å². The molecule has 0 unspecified atom stereocenters. The van der Waals surface area contributed by atoms with E-state index in [0.717, 1.165) is 15.8 Å². The van der Waals surface area contributed by atoms with Gasteiger partial charge in [0, 0.05) is 6.54 Å². The number of aliphatic hydroxyl groups excluding tert-OH is 1. The number of aromatic nitrogens is 3. The van der Waals surface area contributed by atoms with Crippen molar-refractivity contribution < 1.29 is 19.0 Å². The van der Waals surface area contributed by atoms with E-state index in [9.17, 15) is 19.0 Å². The number of alkyl halides is 2. The van der Waals surface area contributed by atoms with E-state index in [1.165, 1.54) is 11.3 Å². The van der Waals surface area contributed by atoms with Crippen molar-refractivity contribution in [1.82, 2.24) is 15.0 Å². The fraction of sp³-hybridized carbons (Fsp3) is 0.320. The smallest absolute Gasteiger partial charge is 0.244 e. The second kappa shape index (κ2) is 9.44. The average molecular weight is 498 g/mol. The quantitative estimate of drug-likeness (QED) is 0.272. The van der Waals surface area contributed by atoms with Crippen molar-refractivity contribution in [3.05, 3.63) is 65.9 Å². The van der Waals surface area contributed by atoms with Crippen LogP contribution in [0.4, 0.5) is 20.5 Å². The number of nitrogens with one attached hydrogen (secondary N) is 2. The molecular weight excluding hydrogens is 472 g/mol. The molecule has 182 valence electrons. The molecule has 0 radical (unpaired) electrons. The lowest BCUT2D eigenvalue weighted by Crippen LogP contribution is -2.48. The van der Waals surface area contributed by atoms with Gasteiger partial charge in [0.1, 0.15) is 16.9 Å². The predicted molar refractivity (Wildman–Crippen MR) is 132 cm³/mol. The maximum atomic E-state index is 13.4. The third-order valence-corrected chi connectivity index (χ3v) is 7.36. The molecule has 0 spiro atoms. The first kappa shape index (κ1) is 23.5. The highest BCUT2D eigenvalue weighted by Crippen LogP contribution is 2.42. The van der Waals surface area contributed by atoms with Crippen LogP contribution in [-0.4, -0.2) is 43.4 Å². The van der Waals surface area contributed by atoms with Crippen LogP contribution in [0.3, 0.4) is 0 Å². The van der Waals surface area contributed by atoms with E-state index in [2.05, 4.69) is 20.6 Å². The molecule has 0 bridgehead atoms. The van der Waals surface area contributed by atoms with Gasteiger partial charge in [-0.15, -0.1) is 11.3 Å². The van der Waals surface area contributed by atoms with E-state index in [-0.39, 0.29) is 18.7 Å². The zero-order chi connectivity index (χ0) is 24.6. The summed E-state index contributed by atoms with van der Waals surface area (Å²) in [6.45, 7) is 2.28. The Hall–Kier alpha value is -3.21. The first-order valence-corrected chi connectivity index (χ1v) is 12.1. The first-order chi connectivity index (χ1) is 16.8. The number of fused-ring (bicyclic) bond motifs is 1. The maximum Gasteiger partial charge on any atom is 0.244 e. The second-order valence-corrected chi connectivity index (χ2v) is 9.74. The molecule has 35 heavy (non-hydrogen) atoms. The van der Waals surface area contributed by atoms with Gasteiger partial charge in [-0.25, -0.2) is 18.7 Å². The Balaban J connectivity index is 1.54. The van der Waals surface area contributed by atoms with Crippen molar-refractivity contribution in [1.29, 1.82) is 0 Å². The number of aryl methyl sites for hydroxylation is 1. The van der Waals surface area contributed by atoms with Gasteiger partial charge in [0.2, 0.25) is 12.4 Å². The molecule has 2 aromatic heterocycles. The summed E-state index contributed by atoms with van der Waals surface area (Å²) < 4.78 is 27.7. The number of aliphatic hydroxyl groups is 2. The predicted octanol–water partition coefficient (Wildman–Crippen LogP) is 4.81. The summed E-state index contributed by atoms with van der Waals surface area (Å²) in [5.41, 5.74) is 1.03. The van der Waals surface area contributed by atoms with Gasteiger partial charge in [-0.3, -0.25) is 0 Å². The topological polar surface area (TPSA) is 103 Å². The zero-order valence-corrected chi connectivity index (χ0v) is 19.8. The van der Waals surface area contributed by atoms with Crippen molar-refractivity contribution >= 4 is 33.3 Å².